The number of nitrogens with one attached hydrogen (secondary N) is 1. The number of phosphoric ester groups is 1. The molecule has 16 nitrogen and oxygen atoms in total. The maximum Gasteiger partial charge on any atom is 0.306 e. The second-order valence-electron chi connectivity index (χ2n) is 26.6. The molecule has 0 aromatic heterocycles. The lowest BCUT2D eigenvalue weighted by atomic mass is 10.1. The van der Waals surface area contributed by atoms with E-state index in [2.05, 4.69) is 137 Å². The normalized spacial score (nSPS) is 14.4. The van der Waals surface area contributed by atoms with Crippen molar-refractivity contribution in [3.63, 3.8) is 0 Å². The summed E-state index contributed by atoms with van der Waals surface area (Å²) in [5, 5.41) is 13.6. The molecule has 5 unspecified atom stereocenters. The number of aliphatic hydroxyl groups excluding tert-OH is 1. The molecule has 0 saturated heterocycles. The highest BCUT2D eigenvalue weighted by Crippen LogP contribution is 2.43. The number of carbonyl (C=O) groups is 4. The van der Waals surface area contributed by atoms with Crippen molar-refractivity contribution in [1.29, 1.82) is 0 Å². The Morgan fingerprint density at radius 1 is 0.370 bits per heavy atom. The van der Waals surface area contributed by atoms with E-state index < -0.39 is 78.0 Å². The SMILES string of the molecule is C=P(O)(OCC(O)COP(=O)([O-])OCC(COC(=O)CCCCCC/C=C\C/C=C\CCCCCC)OC(=O)CCCCCC/C=C\C/C=C/CCCCCC)OCC(COC(=O)CCCC/C=C\C/C=C/CCCCCC)NC(=O)CCCCCCCC/C=C\C/C=C\CCCCCC. The van der Waals surface area contributed by atoms with Crippen LogP contribution < -0.4 is 10.2 Å². The van der Waals surface area contributed by atoms with Gasteiger partial charge in [-0.05, 0) is 160 Å². The van der Waals surface area contributed by atoms with Crippen molar-refractivity contribution in [3.8, 4) is 0 Å². The lowest BCUT2D eigenvalue weighted by molar-refractivity contribution is -0.230. The monoisotopic (exact) mass is 1450 g/mol. The van der Waals surface area contributed by atoms with E-state index in [0.29, 0.717) is 25.7 Å². The third kappa shape index (κ3) is 72.4. The lowest BCUT2D eigenvalue weighted by Gasteiger charge is -2.27. The van der Waals surface area contributed by atoms with Crippen molar-refractivity contribution in [1.82, 2.24) is 5.32 Å². The van der Waals surface area contributed by atoms with Crippen LogP contribution in [0.25, 0.3) is 0 Å². The molecule has 0 aromatic rings. The van der Waals surface area contributed by atoms with Gasteiger partial charge in [0.2, 0.25) is 13.5 Å². The van der Waals surface area contributed by atoms with Gasteiger partial charge < -0.3 is 52.5 Å². The van der Waals surface area contributed by atoms with Gasteiger partial charge in [0.05, 0.1) is 32.5 Å². The van der Waals surface area contributed by atoms with E-state index >= 15 is 0 Å². The van der Waals surface area contributed by atoms with Crippen molar-refractivity contribution >= 4 is 45.5 Å². The van der Waals surface area contributed by atoms with Crippen molar-refractivity contribution in [2.75, 3.05) is 39.6 Å². The molecule has 5 atom stereocenters. The largest absolute Gasteiger partial charge is 0.756 e. The zero-order chi connectivity index (χ0) is 73.2. The first kappa shape index (κ1) is 96.1. The smallest absolute Gasteiger partial charge is 0.306 e. The van der Waals surface area contributed by atoms with Gasteiger partial charge in [-0.15, -0.1) is 0 Å². The minimum atomic E-state index is -5.16. The number of allylic oxidation sites excluding steroid dienone is 16. The van der Waals surface area contributed by atoms with E-state index in [-0.39, 0.29) is 44.8 Å². The fourth-order valence-corrected chi connectivity index (χ4v) is 12.2. The number of hydrogen-bond acceptors (Lipinski definition) is 15. The van der Waals surface area contributed by atoms with Crippen LogP contribution in [-0.4, -0.2) is 98.0 Å². The Kier molecular flexibility index (Phi) is 70.5. The summed E-state index contributed by atoms with van der Waals surface area (Å²) in [4.78, 5) is 76.0. The van der Waals surface area contributed by atoms with E-state index in [9.17, 15) is 38.6 Å². The second-order valence-corrected chi connectivity index (χ2v) is 29.8. The van der Waals surface area contributed by atoms with Gasteiger partial charge in [-0.3, -0.25) is 23.7 Å². The topological polar surface area (TPSA) is 226 Å². The van der Waals surface area contributed by atoms with Crippen LogP contribution in [0.5, 0.6) is 0 Å². The molecule has 0 fully saturated rings. The molecule has 0 aliphatic rings. The standard InChI is InChI=1S/C82H145NO15P2/c1-6-10-14-18-22-26-30-34-37-38-41-43-46-50-54-58-62-66-79(85)83-76(70-92-80(86)67-63-59-55-51-47-42-33-29-25-21-17-13-9-4)71-94-99(5,89)95-72-77(84)73-96-100(90,91)97-75-78(98-82(88)69-65-61-57-53-49-45-40-36-32-28-24-20-16-12-8-3)74-93-81(87)68-64-60-56-52-48-44-39-35-31-27-23-19-15-11-7-2/h26-33,37-40,44-45,47,51,76-78,84,89H,5-25,34-36,41-43,46,48-50,52-75H2,1-4H3,(H,83,85)(H,90,91)/p-1/b30-26-,31-27-,32-28+,33-29+,38-37-,44-39-,45-40-,51-47-. The molecule has 3 N–H and O–H groups in total. The zero-order valence-electron chi connectivity index (χ0n) is 63.5. The molecule has 18 heteroatoms. The number of ether oxygens (including phenoxy) is 3. The van der Waals surface area contributed by atoms with Gasteiger partial charge >= 0.3 is 17.9 Å². The molecular formula is C82H144NO15P2-. The number of aliphatic hydroxyl groups is 1. The summed E-state index contributed by atoms with van der Waals surface area (Å²) in [6.07, 6.45) is 83.1. The Morgan fingerprint density at radius 3 is 1.05 bits per heavy atom. The Hall–Kier alpha value is -3.95. The molecule has 0 rings (SSSR count). The molecule has 0 saturated carbocycles. The van der Waals surface area contributed by atoms with Gasteiger partial charge in [0.25, 0.3) is 7.82 Å². The molecule has 0 spiro atoms. The third-order valence-electron chi connectivity index (χ3n) is 16.7. The first-order valence-corrected chi connectivity index (χ1v) is 42.9. The number of hydrogen-bond donors (Lipinski definition) is 3. The van der Waals surface area contributed by atoms with Crippen molar-refractivity contribution in [3.05, 3.63) is 97.2 Å². The van der Waals surface area contributed by atoms with Crippen LogP contribution in [0, 0.1) is 0 Å². The number of amides is 1. The number of rotatable bonds is 74. The molecule has 0 radical (unpaired) electrons. The van der Waals surface area contributed by atoms with Gasteiger partial charge in [0.15, 0.2) is 6.10 Å². The molecule has 100 heavy (non-hydrogen) atoms. The quantitative estimate of drug-likeness (QED) is 0.0169. The first-order valence-electron chi connectivity index (χ1n) is 39.7. The van der Waals surface area contributed by atoms with Gasteiger partial charge in [-0.1, -0.05) is 253 Å². The number of esters is 3. The van der Waals surface area contributed by atoms with Crippen LogP contribution in [0.2, 0.25) is 0 Å². The zero-order valence-corrected chi connectivity index (χ0v) is 65.2. The van der Waals surface area contributed by atoms with Gasteiger partial charge in [-0.2, -0.15) is 0 Å². The molecular weight excluding hydrogens is 1300 g/mol. The van der Waals surface area contributed by atoms with Crippen molar-refractivity contribution in [2.24, 2.45) is 0 Å². The fraction of sp³-hybridized carbons (Fsp3) is 0.744. The molecule has 0 bridgehead atoms. The second kappa shape index (κ2) is 73.4. The average Bonchev–Trinajstić information content (AvgIpc) is 1.03. The van der Waals surface area contributed by atoms with E-state index in [4.69, 9.17) is 32.3 Å². The van der Waals surface area contributed by atoms with E-state index in [1.165, 1.54) is 103 Å². The Morgan fingerprint density at radius 2 is 0.660 bits per heavy atom. The van der Waals surface area contributed by atoms with Gasteiger partial charge in [-0.25, -0.2) is 0 Å². The fourth-order valence-electron chi connectivity index (χ4n) is 10.5. The summed E-state index contributed by atoms with van der Waals surface area (Å²) in [6, 6.07) is -0.867. The van der Waals surface area contributed by atoms with E-state index in [1.54, 1.807) is 0 Å². The van der Waals surface area contributed by atoms with Crippen LogP contribution in [0.15, 0.2) is 97.2 Å². The van der Waals surface area contributed by atoms with Crippen molar-refractivity contribution in [2.45, 2.75) is 354 Å². The predicted molar refractivity (Wildman–Crippen MR) is 415 cm³/mol. The van der Waals surface area contributed by atoms with E-state index in [1.807, 2.05) is 0 Å². The highest BCUT2D eigenvalue weighted by molar-refractivity contribution is 7.58. The first-order chi connectivity index (χ1) is 48.7. The summed E-state index contributed by atoms with van der Waals surface area (Å²) in [6.45, 7) is 5.62. The van der Waals surface area contributed by atoms with Crippen LogP contribution in [0.3, 0.4) is 0 Å². The maximum atomic E-state index is 13.2. The number of unbranched alkanes of at least 4 members (excludes halogenated alkanes) is 32. The Labute approximate surface area is 609 Å². The lowest BCUT2D eigenvalue weighted by Crippen LogP contribution is -2.42. The molecule has 1 amide bonds. The summed E-state index contributed by atoms with van der Waals surface area (Å²) in [7, 11) is -9.13. The van der Waals surface area contributed by atoms with Gasteiger partial charge in [0, 0.05) is 25.7 Å². The van der Waals surface area contributed by atoms with Crippen LogP contribution >= 0.6 is 15.4 Å². The van der Waals surface area contributed by atoms with E-state index in [0.717, 1.165) is 154 Å². The number of carbonyl (C=O) groups excluding carboxylic acids is 4. The van der Waals surface area contributed by atoms with Gasteiger partial charge in [0.1, 0.15) is 19.3 Å². The highest BCUT2D eigenvalue weighted by atomic mass is 31.2. The average molecular weight is 1450 g/mol. The molecule has 0 aliphatic heterocycles. The maximum absolute atomic E-state index is 13.2. The predicted octanol–water partition coefficient (Wildman–Crippen LogP) is 21.8. The minimum Gasteiger partial charge on any atom is -0.756 e. The third-order valence-corrected chi connectivity index (χ3v) is 18.7. The van der Waals surface area contributed by atoms with Crippen LogP contribution in [0.1, 0.15) is 336 Å². The van der Waals surface area contributed by atoms with Crippen LogP contribution in [-0.2, 0) is 56.0 Å². The minimum absolute atomic E-state index is 0.0770. The molecule has 578 valence electrons. The number of phosphoric acid groups is 1. The van der Waals surface area contributed by atoms with Crippen molar-refractivity contribution < 1.29 is 70.9 Å². The summed E-state index contributed by atoms with van der Waals surface area (Å²) >= 11 is 0. The Balaban J connectivity index is 5.41. The molecule has 0 aliphatic carbocycles. The summed E-state index contributed by atoms with van der Waals surface area (Å²) in [5.41, 5.74) is 0. The molecule has 0 heterocycles. The summed E-state index contributed by atoms with van der Waals surface area (Å²) in [5.74, 6) is -1.81. The Bertz CT molecular complexity index is 2280. The van der Waals surface area contributed by atoms with Crippen LogP contribution in [0.4, 0.5) is 0 Å². The highest BCUT2D eigenvalue weighted by Gasteiger charge is 2.24. The molecule has 0 aromatic carbocycles. The summed E-state index contributed by atoms with van der Waals surface area (Å²) < 4.78 is 50.8.